The van der Waals surface area contributed by atoms with Crippen LogP contribution >= 0.6 is 22.9 Å². The highest BCUT2D eigenvalue weighted by Gasteiger charge is 2.05. The topological polar surface area (TPSA) is 63.6 Å². The quantitative estimate of drug-likeness (QED) is 0.640. The SMILES string of the molecule is Cc1nc(C)c(CC=NNC(=O)COc2ccc(Cl)cc2C)s1. The van der Waals surface area contributed by atoms with Crippen molar-refractivity contribution in [3.63, 3.8) is 0 Å². The summed E-state index contributed by atoms with van der Waals surface area (Å²) < 4.78 is 5.44. The van der Waals surface area contributed by atoms with Crippen molar-refractivity contribution in [2.24, 2.45) is 5.10 Å². The molecule has 2 aromatic rings. The molecule has 1 heterocycles. The second-order valence-corrected chi connectivity index (χ2v) is 6.71. The fraction of sp³-hybridized carbons (Fsp3) is 0.312. The molecule has 1 N–H and O–H groups in total. The number of hydrazone groups is 1. The highest BCUT2D eigenvalue weighted by atomic mass is 35.5. The summed E-state index contributed by atoms with van der Waals surface area (Å²) in [4.78, 5) is 17.2. The number of aryl methyl sites for hydroxylation is 3. The van der Waals surface area contributed by atoms with E-state index in [2.05, 4.69) is 15.5 Å². The Morgan fingerprint density at radius 1 is 1.43 bits per heavy atom. The molecule has 0 atom stereocenters. The third-order valence-electron chi connectivity index (χ3n) is 3.05. The van der Waals surface area contributed by atoms with Crippen LogP contribution in [0, 0.1) is 20.8 Å². The second kappa shape index (κ2) is 8.08. The monoisotopic (exact) mass is 351 g/mol. The number of amides is 1. The predicted molar refractivity (Wildman–Crippen MR) is 93.6 cm³/mol. The molecule has 0 radical (unpaired) electrons. The number of aromatic nitrogens is 1. The molecule has 0 bridgehead atoms. The van der Waals surface area contributed by atoms with Gasteiger partial charge in [0.1, 0.15) is 5.75 Å². The molecule has 2 rings (SSSR count). The van der Waals surface area contributed by atoms with E-state index in [1.165, 1.54) is 0 Å². The van der Waals surface area contributed by atoms with Gasteiger partial charge in [0.25, 0.3) is 5.91 Å². The number of halogens is 1. The summed E-state index contributed by atoms with van der Waals surface area (Å²) in [5.41, 5.74) is 4.33. The maximum absolute atomic E-state index is 11.7. The number of ether oxygens (including phenoxy) is 1. The Hall–Kier alpha value is -1.92. The van der Waals surface area contributed by atoms with E-state index in [9.17, 15) is 4.79 Å². The van der Waals surface area contributed by atoms with Crippen LogP contribution in [0.15, 0.2) is 23.3 Å². The van der Waals surface area contributed by atoms with Crippen molar-refractivity contribution in [3.05, 3.63) is 44.4 Å². The van der Waals surface area contributed by atoms with Gasteiger partial charge in [0.05, 0.1) is 10.7 Å². The average molecular weight is 352 g/mol. The molecule has 122 valence electrons. The van der Waals surface area contributed by atoms with Gasteiger partial charge in [-0.25, -0.2) is 10.4 Å². The van der Waals surface area contributed by atoms with Crippen LogP contribution < -0.4 is 10.2 Å². The van der Waals surface area contributed by atoms with Crippen molar-refractivity contribution >= 4 is 35.1 Å². The second-order valence-electron chi connectivity index (χ2n) is 4.99. The molecule has 5 nitrogen and oxygen atoms in total. The first kappa shape index (κ1) is 17.4. The lowest BCUT2D eigenvalue weighted by Gasteiger charge is -2.08. The number of hydrogen-bond donors (Lipinski definition) is 1. The molecular formula is C16H18ClN3O2S. The lowest BCUT2D eigenvalue weighted by atomic mass is 10.2. The van der Waals surface area contributed by atoms with Crippen LogP contribution in [0.25, 0.3) is 0 Å². The zero-order valence-corrected chi connectivity index (χ0v) is 14.8. The van der Waals surface area contributed by atoms with E-state index >= 15 is 0 Å². The van der Waals surface area contributed by atoms with Gasteiger partial charge in [-0.05, 0) is 44.5 Å². The van der Waals surface area contributed by atoms with Crippen molar-refractivity contribution < 1.29 is 9.53 Å². The van der Waals surface area contributed by atoms with Crippen LogP contribution in [-0.4, -0.2) is 23.7 Å². The number of carbonyl (C=O) groups is 1. The molecule has 0 aliphatic rings. The molecule has 0 aliphatic carbocycles. The summed E-state index contributed by atoms with van der Waals surface area (Å²) in [6.07, 6.45) is 2.31. The predicted octanol–water partition coefficient (Wildman–Crippen LogP) is 3.45. The highest BCUT2D eigenvalue weighted by molar-refractivity contribution is 7.11. The van der Waals surface area contributed by atoms with Gasteiger partial charge in [0.15, 0.2) is 6.61 Å². The van der Waals surface area contributed by atoms with Crippen LogP contribution in [0.3, 0.4) is 0 Å². The molecule has 7 heteroatoms. The van der Waals surface area contributed by atoms with Crippen LogP contribution in [0.2, 0.25) is 5.02 Å². The third kappa shape index (κ3) is 5.33. The molecule has 0 spiro atoms. The summed E-state index contributed by atoms with van der Waals surface area (Å²) in [7, 11) is 0. The molecule has 0 fully saturated rings. The van der Waals surface area contributed by atoms with Gasteiger partial charge in [-0.2, -0.15) is 5.10 Å². The van der Waals surface area contributed by atoms with Crippen molar-refractivity contribution in [2.75, 3.05) is 6.61 Å². The highest BCUT2D eigenvalue weighted by Crippen LogP contribution is 2.21. The maximum atomic E-state index is 11.7. The van der Waals surface area contributed by atoms with Crippen LogP contribution in [-0.2, 0) is 11.2 Å². The molecule has 0 saturated carbocycles. The number of nitrogens with one attached hydrogen (secondary N) is 1. The molecule has 0 aliphatic heterocycles. The van der Waals surface area contributed by atoms with E-state index < -0.39 is 0 Å². The first-order valence-electron chi connectivity index (χ1n) is 7.08. The molecule has 23 heavy (non-hydrogen) atoms. The largest absolute Gasteiger partial charge is 0.483 e. The first-order chi connectivity index (χ1) is 11.0. The van der Waals surface area contributed by atoms with Crippen molar-refractivity contribution in [1.82, 2.24) is 10.4 Å². The minimum absolute atomic E-state index is 0.0987. The molecule has 1 aromatic heterocycles. The third-order valence-corrected chi connectivity index (χ3v) is 4.38. The van der Waals surface area contributed by atoms with Crippen LogP contribution in [0.1, 0.15) is 21.1 Å². The van der Waals surface area contributed by atoms with Gasteiger partial charge in [0.2, 0.25) is 0 Å². The first-order valence-corrected chi connectivity index (χ1v) is 8.27. The Morgan fingerprint density at radius 2 is 2.22 bits per heavy atom. The van der Waals surface area contributed by atoms with Gasteiger partial charge in [-0.15, -0.1) is 11.3 Å². The zero-order valence-electron chi connectivity index (χ0n) is 13.2. The number of thiazole rings is 1. The van der Waals surface area contributed by atoms with E-state index in [1.54, 1.807) is 35.8 Å². The molecule has 1 aromatic carbocycles. The Bertz CT molecular complexity index is 728. The van der Waals surface area contributed by atoms with E-state index in [0.717, 1.165) is 21.1 Å². The summed E-state index contributed by atoms with van der Waals surface area (Å²) >= 11 is 7.50. The normalized spacial score (nSPS) is 11.0. The number of benzene rings is 1. The van der Waals surface area contributed by atoms with E-state index in [-0.39, 0.29) is 12.5 Å². The smallest absolute Gasteiger partial charge is 0.277 e. The Kier molecular flexibility index (Phi) is 6.12. The van der Waals surface area contributed by atoms with E-state index in [0.29, 0.717) is 17.2 Å². The van der Waals surface area contributed by atoms with Crippen LogP contribution in [0.4, 0.5) is 0 Å². The van der Waals surface area contributed by atoms with Gasteiger partial charge in [0, 0.05) is 22.5 Å². The Morgan fingerprint density at radius 3 is 2.87 bits per heavy atom. The summed E-state index contributed by atoms with van der Waals surface area (Å²) in [6.45, 7) is 5.71. The minimum atomic E-state index is -0.312. The standard InChI is InChI=1S/C16H18ClN3O2S/c1-10-8-13(17)4-5-14(10)22-9-16(21)20-18-7-6-15-11(2)19-12(3)23-15/h4-5,7-8H,6,9H2,1-3H3,(H,20,21). The fourth-order valence-electron chi connectivity index (χ4n) is 1.96. The number of hydrogen-bond acceptors (Lipinski definition) is 5. The number of carbonyl (C=O) groups excluding carboxylic acids is 1. The average Bonchev–Trinajstić information content (AvgIpc) is 2.80. The summed E-state index contributed by atoms with van der Waals surface area (Å²) in [5, 5.41) is 5.58. The summed E-state index contributed by atoms with van der Waals surface area (Å²) in [6, 6.07) is 5.24. The summed E-state index contributed by atoms with van der Waals surface area (Å²) in [5.74, 6) is 0.317. The Labute approximate surface area is 144 Å². The lowest BCUT2D eigenvalue weighted by Crippen LogP contribution is -2.24. The van der Waals surface area contributed by atoms with Gasteiger partial charge in [-0.1, -0.05) is 11.6 Å². The minimum Gasteiger partial charge on any atom is -0.483 e. The fourth-order valence-corrected chi connectivity index (χ4v) is 3.08. The van der Waals surface area contributed by atoms with E-state index in [1.807, 2.05) is 20.8 Å². The maximum Gasteiger partial charge on any atom is 0.277 e. The van der Waals surface area contributed by atoms with Gasteiger partial charge in [-0.3, -0.25) is 4.79 Å². The van der Waals surface area contributed by atoms with Crippen molar-refractivity contribution in [1.29, 1.82) is 0 Å². The van der Waals surface area contributed by atoms with Gasteiger partial charge < -0.3 is 4.74 Å². The number of rotatable bonds is 6. The molecule has 0 unspecified atom stereocenters. The lowest BCUT2D eigenvalue weighted by molar-refractivity contribution is -0.123. The zero-order chi connectivity index (χ0) is 16.8. The van der Waals surface area contributed by atoms with Crippen molar-refractivity contribution in [3.8, 4) is 5.75 Å². The number of nitrogens with zero attached hydrogens (tertiary/aromatic N) is 2. The Balaban J connectivity index is 1.76. The molecule has 0 saturated heterocycles. The van der Waals surface area contributed by atoms with Crippen molar-refractivity contribution in [2.45, 2.75) is 27.2 Å². The van der Waals surface area contributed by atoms with Gasteiger partial charge >= 0.3 is 0 Å². The van der Waals surface area contributed by atoms with Crippen LogP contribution in [0.5, 0.6) is 5.75 Å². The molecule has 1 amide bonds. The molecular weight excluding hydrogens is 334 g/mol. The van der Waals surface area contributed by atoms with E-state index in [4.69, 9.17) is 16.3 Å².